The summed E-state index contributed by atoms with van der Waals surface area (Å²) in [5, 5.41) is 6.93. The molecule has 4 heterocycles. The molecule has 0 bridgehead atoms. The highest BCUT2D eigenvalue weighted by atomic mass is 32.1. The molecule has 0 aliphatic carbocycles. The van der Waals surface area contributed by atoms with Crippen LogP contribution in [0.15, 0.2) is 186 Å². The first kappa shape index (κ1) is 31.9. The van der Waals surface area contributed by atoms with Crippen molar-refractivity contribution in [1.29, 1.82) is 0 Å². The van der Waals surface area contributed by atoms with Gasteiger partial charge in [0.15, 0.2) is 17.5 Å². The van der Waals surface area contributed by atoms with E-state index in [1.54, 1.807) is 11.3 Å². The number of para-hydroxylation sites is 2. The van der Waals surface area contributed by atoms with Crippen LogP contribution < -0.4 is 0 Å². The molecule has 0 saturated heterocycles. The van der Waals surface area contributed by atoms with E-state index < -0.39 is 0 Å². The van der Waals surface area contributed by atoms with E-state index in [1.807, 2.05) is 42.5 Å². The van der Waals surface area contributed by atoms with E-state index >= 15 is 0 Å². The maximum atomic E-state index is 6.46. The largest absolute Gasteiger partial charge is 0.456 e. The van der Waals surface area contributed by atoms with E-state index in [9.17, 15) is 0 Å². The molecule has 0 aliphatic rings. The number of benzene rings is 8. The summed E-state index contributed by atoms with van der Waals surface area (Å²) in [6.45, 7) is 0. The van der Waals surface area contributed by atoms with Crippen molar-refractivity contribution in [2.24, 2.45) is 0 Å². The molecule has 266 valence electrons. The fourth-order valence-electron chi connectivity index (χ4n) is 8.45. The summed E-state index contributed by atoms with van der Waals surface area (Å²) in [7, 11) is 0. The quantitative estimate of drug-likeness (QED) is 0.176. The van der Waals surface area contributed by atoms with E-state index in [0.29, 0.717) is 17.5 Å². The third-order valence-corrected chi connectivity index (χ3v) is 12.2. The molecule has 57 heavy (non-hydrogen) atoms. The molecule has 0 radical (unpaired) electrons. The molecule has 4 aromatic heterocycles. The highest BCUT2D eigenvalue weighted by molar-refractivity contribution is 7.26. The fourth-order valence-corrected chi connectivity index (χ4v) is 9.65. The van der Waals surface area contributed by atoms with Crippen molar-refractivity contribution in [2.45, 2.75) is 0 Å². The molecule has 0 fully saturated rings. The number of hydrogen-bond acceptors (Lipinski definition) is 5. The lowest BCUT2D eigenvalue weighted by atomic mass is 10.0. The van der Waals surface area contributed by atoms with E-state index in [4.69, 9.17) is 19.4 Å². The van der Waals surface area contributed by atoms with Crippen LogP contribution in [0.1, 0.15) is 0 Å². The zero-order valence-electron chi connectivity index (χ0n) is 30.4. The Kier molecular flexibility index (Phi) is 7.03. The minimum absolute atomic E-state index is 0.625. The fraction of sp³-hybridized carbons (Fsp3) is 0. The van der Waals surface area contributed by atoms with Gasteiger partial charge in [-0.25, -0.2) is 15.0 Å². The Balaban J connectivity index is 1.23. The van der Waals surface area contributed by atoms with Gasteiger partial charge in [-0.3, -0.25) is 0 Å². The van der Waals surface area contributed by atoms with Gasteiger partial charge in [0.25, 0.3) is 0 Å². The van der Waals surface area contributed by atoms with Crippen molar-refractivity contribution in [2.75, 3.05) is 0 Å². The van der Waals surface area contributed by atoms with Gasteiger partial charge >= 0.3 is 0 Å². The third-order valence-electron chi connectivity index (χ3n) is 11.0. The van der Waals surface area contributed by atoms with Crippen molar-refractivity contribution in [3.63, 3.8) is 0 Å². The summed E-state index contributed by atoms with van der Waals surface area (Å²) in [4.78, 5) is 15.6. The predicted molar refractivity (Wildman–Crippen MR) is 236 cm³/mol. The molecular formula is C51H30N4OS. The number of thiophene rings is 1. The minimum Gasteiger partial charge on any atom is -0.456 e. The second-order valence-electron chi connectivity index (χ2n) is 14.4. The lowest BCUT2D eigenvalue weighted by molar-refractivity contribution is 0.669. The molecule has 12 rings (SSSR count). The minimum atomic E-state index is 0.625. The molecule has 12 aromatic rings. The van der Waals surface area contributed by atoms with Gasteiger partial charge in [0.05, 0.1) is 11.0 Å². The molecule has 8 aromatic carbocycles. The summed E-state index contributed by atoms with van der Waals surface area (Å²) in [6.07, 6.45) is 0. The monoisotopic (exact) mass is 746 g/mol. The predicted octanol–water partition coefficient (Wildman–Crippen LogP) is 13.9. The van der Waals surface area contributed by atoms with Gasteiger partial charge < -0.3 is 8.98 Å². The second kappa shape index (κ2) is 12.6. The van der Waals surface area contributed by atoms with Gasteiger partial charge in [0.1, 0.15) is 11.2 Å². The molecule has 6 heteroatoms. The van der Waals surface area contributed by atoms with Crippen LogP contribution in [0.25, 0.3) is 115 Å². The molecule has 0 aliphatic heterocycles. The van der Waals surface area contributed by atoms with Crippen molar-refractivity contribution >= 4 is 75.3 Å². The molecule has 0 saturated carbocycles. The average molecular weight is 747 g/mol. The summed E-state index contributed by atoms with van der Waals surface area (Å²) >= 11 is 1.77. The lowest BCUT2D eigenvalue weighted by Gasteiger charge is -2.13. The highest BCUT2D eigenvalue weighted by Crippen LogP contribution is 2.47. The van der Waals surface area contributed by atoms with Crippen molar-refractivity contribution < 1.29 is 4.42 Å². The van der Waals surface area contributed by atoms with Gasteiger partial charge in [0.2, 0.25) is 0 Å². The zero-order chi connectivity index (χ0) is 37.5. The van der Waals surface area contributed by atoms with Gasteiger partial charge in [-0.2, -0.15) is 0 Å². The summed E-state index contributed by atoms with van der Waals surface area (Å²) < 4.78 is 11.2. The van der Waals surface area contributed by atoms with Crippen molar-refractivity contribution in [1.82, 2.24) is 19.5 Å². The van der Waals surface area contributed by atoms with Gasteiger partial charge in [-0.05, 0) is 53.6 Å². The molecule has 0 atom stereocenters. The molecule has 0 unspecified atom stereocenters. The highest BCUT2D eigenvalue weighted by Gasteiger charge is 2.23. The number of aromatic nitrogens is 4. The first-order valence-electron chi connectivity index (χ1n) is 19.0. The second-order valence-corrected chi connectivity index (χ2v) is 15.4. The van der Waals surface area contributed by atoms with E-state index in [0.717, 1.165) is 65.4 Å². The number of furan rings is 1. The molecule has 0 spiro atoms. The lowest BCUT2D eigenvalue weighted by Crippen LogP contribution is -2.01. The Morgan fingerprint density at radius 2 is 1.02 bits per heavy atom. The average Bonchev–Trinajstić information content (AvgIpc) is 3.96. The first-order valence-corrected chi connectivity index (χ1v) is 19.8. The Labute approximate surface area is 330 Å². The summed E-state index contributed by atoms with van der Waals surface area (Å²) in [6, 6.07) is 63.8. The van der Waals surface area contributed by atoms with Crippen LogP contribution in [0.2, 0.25) is 0 Å². The maximum Gasteiger partial charge on any atom is 0.165 e. The Hall–Kier alpha value is -7.41. The van der Waals surface area contributed by atoms with E-state index in [2.05, 4.69) is 144 Å². The Morgan fingerprint density at radius 3 is 1.75 bits per heavy atom. The van der Waals surface area contributed by atoms with Gasteiger partial charge in [-0.15, -0.1) is 11.3 Å². The molecule has 0 N–H and O–H groups in total. The Morgan fingerprint density at radius 1 is 0.404 bits per heavy atom. The van der Waals surface area contributed by atoms with E-state index in [1.165, 1.54) is 32.0 Å². The van der Waals surface area contributed by atoms with Crippen LogP contribution in [-0.2, 0) is 0 Å². The van der Waals surface area contributed by atoms with Crippen LogP contribution in [0.5, 0.6) is 0 Å². The standard InChI is InChI=1S/C51H30N4OS/c1-4-14-31(15-5-1)34-24-25-37-36-20-10-12-22-41(36)55(42(37)28-34)35-29-39-47-45(27-26-44-46(47)38-21-11-13-23-43(38)56-44)57-48(39)40(30-35)51-53-49(32-16-6-2-7-17-32)52-50(54-51)33-18-8-3-9-19-33/h1-30H. The number of hydrogen-bond donors (Lipinski definition) is 0. The first-order chi connectivity index (χ1) is 28.2. The molecule has 5 nitrogen and oxygen atoms in total. The van der Waals surface area contributed by atoms with Crippen LogP contribution in [0, 0.1) is 0 Å². The van der Waals surface area contributed by atoms with Crippen molar-refractivity contribution in [3.05, 3.63) is 182 Å². The molecule has 0 amide bonds. The SMILES string of the molecule is c1ccc(-c2ccc3c4ccccc4n(-c4cc(-c5nc(-c6ccccc6)nc(-c6ccccc6)n5)c5sc6ccc7oc8ccccc8c7c6c5c4)c3c2)cc1. The van der Waals surface area contributed by atoms with Crippen LogP contribution >= 0.6 is 11.3 Å². The van der Waals surface area contributed by atoms with E-state index in [-0.39, 0.29) is 0 Å². The van der Waals surface area contributed by atoms with Gasteiger partial charge in [-0.1, -0.05) is 140 Å². The van der Waals surface area contributed by atoms with Crippen LogP contribution in [0.4, 0.5) is 0 Å². The number of fused-ring (bicyclic) bond motifs is 10. The maximum absolute atomic E-state index is 6.46. The summed E-state index contributed by atoms with van der Waals surface area (Å²) in [5.74, 6) is 1.89. The van der Waals surface area contributed by atoms with Gasteiger partial charge in [0, 0.05) is 64.1 Å². The molecular weight excluding hydrogens is 717 g/mol. The summed E-state index contributed by atoms with van der Waals surface area (Å²) in [5.41, 5.74) is 10.2. The normalized spacial score (nSPS) is 11.9. The Bertz CT molecular complexity index is 3460. The zero-order valence-corrected chi connectivity index (χ0v) is 31.2. The van der Waals surface area contributed by atoms with Crippen LogP contribution in [-0.4, -0.2) is 19.5 Å². The van der Waals surface area contributed by atoms with Crippen molar-refractivity contribution in [3.8, 4) is 51.0 Å². The third kappa shape index (κ3) is 5.04. The van der Waals surface area contributed by atoms with Crippen LogP contribution in [0.3, 0.4) is 0 Å². The topological polar surface area (TPSA) is 56.7 Å². The number of rotatable bonds is 5. The smallest absolute Gasteiger partial charge is 0.165 e. The number of nitrogens with zero attached hydrogens (tertiary/aromatic N) is 4.